The molecule has 0 aromatic heterocycles. The number of carbonyl (C=O) groups is 3. The van der Waals surface area contributed by atoms with Crippen LogP contribution >= 0.6 is 11.6 Å². The minimum atomic E-state index is -0.914. The Balaban J connectivity index is 1.67. The quantitative estimate of drug-likeness (QED) is 0.384. The van der Waals surface area contributed by atoms with Crippen LogP contribution in [0.15, 0.2) is 48.5 Å². The van der Waals surface area contributed by atoms with Gasteiger partial charge in [0.1, 0.15) is 5.75 Å². The van der Waals surface area contributed by atoms with Crippen molar-refractivity contribution in [2.75, 3.05) is 11.9 Å². The summed E-state index contributed by atoms with van der Waals surface area (Å²) in [4.78, 5) is 35.1. The summed E-state index contributed by atoms with van der Waals surface area (Å²) < 4.78 is 10.7. The molecule has 0 aliphatic heterocycles. The lowest BCUT2D eigenvalue weighted by molar-refractivity contribution is -0.153. The lowest BCUT2D eigenvalue weighted by Gasteiger charge is -2.13. The van der Waals surface area contributed by atoms with Crippen LogP contribution in [0.2, 0.25) is 5.02 Å². The molecular formula is C21H22ClNO5. The van der Waals surface area contributed by atoms with Gasteiger partial charge < -0.3 is 14.8 Å². The molecule has 0 bridgehead atoms. The third kappa shape index (κ3) is 7.04. The van der Waals surface area contributed by atoms with Gasteiger partial charge in [-0.25, -0.2) is 0 Å². The molecule has 7 heteroatoms. The van der Waals surface area contributed by atoms with Crippen LogP contribution in [0, 0.1) is 0 Å². The van der Waals surface area contributed by atoms with Crippen molar-refractivity contribution in [2.24, 2.45) is 0 Å². The van der Waals surface area contributed by atoms with Crippen LogP contribution in [0.1, 0.15) is 37.0 Å². The van der Waals surface area contributed by atoms with E-state index >= 15 is 0 Å². The first-order chi connectivity index (χ1) is 13.3. The Bertz CT molecular complexity index is 818. The number of hydrogen-bond donors (Lipinski definition) is 1. The van der Waals surface area contributed by atoms with Gasteiger partial charge in [0.15, 0.2) is 11.9 Å². The normalized spacial score (nSPS) is 11.4. The molecule has 6 nitrogen and oxygen atoms in total. The van der Waals surface area contributed by atoms with E-state index in [2.05, 4.69) is 5.32 Å². The largest absolute Gasteiger partial charge is 0.494 e. The average Bonchev–Trinajstić information content (AvgIpc) is 2.67. The van der Waals surface area contributed by atoms with E-state index in [0.29, 0.717) is 35.1 Å². The first-order valence-corrected chi connectivity index (χ1v) is 9.22. The first-order valence-electron chi connectivity index (χ1n) is 8.85. The molecule has 0 aliphatic carbocycles. The summed E-state index contributed by atoms with van der Waals surface area (Å²) in [6, 6.07) is 13.4. The van der Waals surface area contributed by atoms with Crippen molar-refractivity contribution in [3.05, 3.63) is 59.1 Å². The van der Waals surface area contributed by atoms with Gasteiger partial charge in [0.25, 0.3) is 5.91 Å². The highest BCUT2D eigenvalue weighted by Gasteiger charge is 2.17. The summed E-state index contributed by atoms with van der Waals surface area (Å²) in [5.74, 6) is -0.288. The molecule has 0 spiro atoms. The van der Waals surface area contributed by atoms with Gasteiger partial charge in [0.05, 0.1) is 6.61 Å². The van der Waals surface area contributed by atoms with Gasteiger partial charge >= 0.3 is 5.97 Å². The minimum absolute atomic E-state index is 0.0106. The Morgan fingerprint density at radius 1 is 1.04 bits per heavy atom. The molecule has 0 unspecified atom stereocenters. The molecule has 2 aromatic rings. The van der Waals surface area contributed by atoms with E-state index in [4.69, 9.17) is 21.1 Å². The number of rotatable bonds is 9. The number of nitrogens with one attached hydrogen (secondary N) is 1. The molecule has 0 saturated carbocycles. The van der Waals surface area contributed by atoms with Crippen molar-refractivity contribution in [3.8, 4) is 5.75 Å². The maximum absolute atomic E-state index is 12.1. The van der Waals surface area contributed by atoms with Crippen LogP contribution in [0.4, 0.5) is 5.69 Å². The molecule has 2 rings (SSSR count). The number of Topliss-reactive ketones (excluding diaryl/α,β-unsaturated/α-hetero) is 1. The summed E-state index contributed by atoms with van der Waals surface area (Å²) in [6.07, 6.45) is -0.341. The molecule has 0 radical (unpaired) electrons. The third-order valence-corrected chi connectivity index (χ3v) is 4.10. The van der Waals surface area contributed by atoms with E-state index in [0.717, 1.165) is 0 Å². The van der Waals surface area contributed by atoms with Crippen LogP contribution in [-0.4, -0.2) is 30.4 Å². The number of amides is 1. The van der Waals surface area contributed by atoms with E-state index in [1.807, 2.05) is 0 Å². The summed E-state index contributed by atoms with van der Waals surface area (Å²) in [6.45, 7) is 3.33. The van der Waals surface area contributed by atoms with Crippen molar-refractivity contribution in [1.82, 2.24) is 0 Å². The second kappa shape index (κ2) is 10.5. The van der Waals surface area contributed by atoms with Crippen molar-refractivity contribution in [1.29, 1.82) is 0 Å². The number of anilines is 1. The topological polar surface area (TPSA) is 81.7 Å². The highest BCUT2D eigenvalue weighted by Crippen LogP contribution is 2.15. The number of hydrogen-bond acceptors (Lipinski definition) is 5. The molecule has 0 fully saturated rings. The summed E-state index contributed by atoms with van der Waals surface area (Å²) >= 11 is 5.79. The summed E-state index contributed by atoms with van der Waals surface area (Å²) in [5.41, 5.74) is 1.18. The molecule has 1 amide bonds. The second-order valence-corrected chi connectivity index (χ2v) is 6.60. The van der Waals surface area contributed by atoms with Crippen molar-refractivity contribution >= 4 is 34.9 Å². The van der Waals surface area contributed by atoms with E-state index in [1.165, 1.54) is 13.8 Å². The summed E-state index contributed by atoms with van der Waals surface area (Å²) in [7, 11) is 0. The lowest BCUT2D eigenvalue weighted by Crippen LogP contribution is -2.30. The van der Waals surface area contributed by atoms with Gasteiger partial charge in [0, 0.05) is 22.7 Å². The SMILES string of the molecule is CC(=O)c1ccc(OCCCC(=O)O[C@@H](C)C(=O)Nc2ccc(Cl)cc2)cc1. The predicted octanol–water partition coefficient (Wildman–Crippen LogP) is 4.27. The molecule has 148 valence electrons. The number of ether oxygens (including phenoxy) is 2. The van der Waals surface area contributed by atoms with Gasteiger partial charge in [-0.3, -0.25) is 14.4 Å². The Labute approximate surface area is 168 Å². The van der Waals surface area contributed by atoms with E-state index in [-0.39, 0.29) is 12.2 Å². The molecule has 1 atom stereocenters. The fraction of sp³-hybridized carbons (Fsp3) is 0.286. The zero-order valence-electron chi connectivity index (χ0n) is 15.7. The van der Waals surface area contributed by atoms with Crippen LogP contribution in [0.5, 0.6) is 5.75 Å². The van der Waals surface area contributed by atoms with Crippen molar-refractivity contribution < 1.29 is 23.9 Å². The van der Waals surface area contributed by atoms with Crippen LogP contribution in [0.3, 0.4) is 0 Å². The first kappa shape index (κ1) is 21.4. The maximum atomic E-state index is 12.1. The minimum Gasteiger partial charge on any atom is -0.494 e. The Kier molecular flexibility index (Phi) is 8.02. The van der Waals surface area contributed by atoms with Crippen LogP contribution < -0.4 is 10.1 Å². The molecule has 0 aliphatic rings. The average molecular weight is 404 g/mol. The highest BCUT2D eigenvalue weighted by atomic mass is 35.5. The maximum Gasteiger partial charge on any atom is 0.306 e. The molecule has 2 aromatic carbocycles. The zero-order chi connectivity index (χ0) is 20.5. The smallest absolute Gasteiger partial charge is 0.306 e. The monoisotopic (exact) mass is 403 g/mol. The fourth-order valence-electron chi connectivity index (χ4n) is 2.28. The Morgan fingerprint density at radius 3 is 2.29 bits per heavy atom. The lowest BCUT2D eigenvalue weighted by atomic mass is 10.1. The Morgan fingerprint density at radius 2 is 1.68 bits per heavy atom. The van der Waals surface area contributed by atoms with E-state index in [9.17, 15) is 14.4 Å². The van der Waals surface area contributed by atoms with E-state index < -0.39 is 18.0 Å². The molecule has 1 N–H and O–H groups in total. The van der Waals surface area contributed by atoms with Gasteiger partial charge in [-0.15, -0.1) is 0 Å². The predicted molar refractivity (Wildman–Crippen MR) is 107 cm³/mol. The number of ketones is 1. The van der Waals surface area contributed by atoms with E-state index in [1.54, 1.807) is 48.5 Å². The standard InChI is InChI=1S/C21H22ClNO5/c1-14(24)16-5-11-19(12-6-16)27-13-3-4-20(25)28-15(2)21(26)23-18-9-7-17(22)8-10-18/h5-12,15H,3-4,13H2,1-2H3,(H,23,26)/t15-/m0/s1. The van der Waals surface area contributed by atoms with Gasteiger partial charge in [-0.2, -0.15) is 0 Å². The molecule has 0 saturated heterocycles. The van der Waals surface area contributed by atoms with Gasteiger partial charge in [0.2, 0.25) is 0 Å². The zero-order valence-corrected chi connectivity index (χ0v) is 16.5. The highest BCUT2D eigenvalue weighted by molar-refractivity contribution is 6.30. The van der Waals surface area contributed by atoms with Crippen molar-refractivity contribution in [3.63, 3.8) is 0 Å². The molecule has 28 heavy (non-hydrogen) atoms. The van der Waals surface area contributed by atoms with Gasteiger partial charge in [-0.1, -0.05) is 11.6 Å². The number of halogens is 1. The number of esters is 1. The summed E-state index contributed by atoms with van der Waals surface area (Å²) in [5, 5.41) is 3.22. The molecule has 0 heterocycles. The number of benzene rings is 2. The molecular weight excluding hydrogens is 382 g/mol. The van der Waals surface area contributed by atoms with Crippen LogP contribution in [-0.2, 0) is 14.3 Å². The van der Waals surface area contributed by atoms with Crippen LogP contribution in [0.25, 0.3) is 0 Å². The van der Waals surface area contributed by atoms with Crippen molar-refractivity contribution in [2.45, 2.75) is 32.8 Å². The second-order valence-electron chi connectivity index (χ2n) is 6.16. The third-order valence-electron chi connectivity index (χ3n) is 3.84. The van der Waals surface area contributed by atoms with Gasteiger partial charge in [-0.05, 0) is 68.8 Å². The fourth-order valence-corrected chi connectivity index (χ4v) is 2.41. The Hall–Kier alpha value is -2.86. The number of carbonyl (C=O) groups excluding carboxylic acids is 3.